The van der Waals surface area contributed by atoms with Crippen molar-refractivity contribution in [3.05, 3.63) is 34.5 Å². The summed E-state index contributed by atoms with van der Waals surface area (Å²) in [7, 11) is 1.44. The highest BCUT2D eigenvalue weighted by atomic mass is 32.1. The summed E-state index contributed by atoms with van der Waals surface area (Å²) in [5.41, 5.74) is 0.378. The van der Waals surface area contributed by atoms with E-state index in [1.807, 2.05) is 0 Å². The number of hydrogen-bond donors (Lipinski definition) is 2. The molecule has 2 aromatic rings. The van der Waals surface area contributed by atoms with Crippen molar-refractivity contribution in [1.29, 1.82) is 0 Å². The second-order valence-corrected chi connectivity index (χ2v) is 8.35. The zero-order valence-electron chi connectivity index (χ0n) is 17.0. The number of hydrogen-bond acceptors (Lipinski definition) is 6. The molecule has 9 heteroatoms. The van der Waals surface area contributed by atoms with Crippen LogP contribution in [0.25, 0.3) is 10.1 Å². The summed E-state index contributed by atoms with van der Waals surface area (Å²) in [6, 6.07) is 4.02. The van der Waals surface area contributed by atoms with Crippen LogP contribution in [0, 0.1) is 5.82 Å². The molecule has 1 aliphatic carbocycles. The maximum absolute atomic E-state index is 14.3. The van der Waals surface area contributed by atoms with Crippen molar-refractivity contribution in [3.63, 3.8) is 0 Å². The Balaban J connectivity index is 1.64. The van der Waals surface area contributed by atoms with Crippen LogP contribution in [0.4, 0.5) is 9.18 Å². The van der Waals surface area contributed by atoms with Crippen molar-refractivity contribution < 1.29 is 28.2 Å². The quantitative estimate of drug-likeness (QED) is 0.670. The molecule has 1 aromatic carbocycles. The van der Waals surface area contributed by atoms with Gasteiger partial charge in [0, 0.05) is 28.8 Å². The lowest BCUT2D eigenvalue weighted by atomic mass is 9.96. The molecule has 1 atom stereocenters. The monoisotopic (exact) mass is 436 g/mol. The van der Waals surface area contributed by atoms with Crippen LogP contribution in [-0.4, -0.2) is 37.2 Å². The summed E-state index contributed by atoms with van der Waals surface area (Å²) in [6.07, 6.45) is 3.82. The van der Waals surface area contributed by atoms with E-state index in [4.69, 9.17) is 9.47 Å². The molecule has 1 heterocycles. The zero-order chi connectivity index (χ0) is 21.7. The van der Waals surface area contributed by atoms with Gasteiger partial charge in [0.15, 0.2) is 6.10 Å². The maximum Gasteiger partial charge on any atom is 0.349 e. The molecule has 3 amide bonds. The third-order valence-corrected chi connectivity index (χ3v) is 6.24. The Hall–Kier alpha value is -2.52. The topological polar surface area (TPSA) is 93.7 Å². The minimum absolute atomic E-state index is 0.0236. The molecular weight excluding hydrogens is 411 g/mol. The van der Waals surface area contributed by atoms with Crippen LogP contribution < -0.4 is 10.6 Å². The van der Waals surface area contributed by atoms with Gasteiger partial charge in [-0.05, 0) is 31.9 Å². The summed E-state index contributed by atoms with van der Waals surface area (Å²) in [5, 5.41) is 5.29. The minimum atomic E-state index is -1.19. The largest absolute Gasteiger partial charge is 0.448 e. The highest BCUT2D eigenvalue weighted by Gasteiger charge is 2.26. The molecule has 7 nitrogen and oxygen atoms in total. The van der Waals surface area contributed by atoms with Crippen LogP contribution in [0.2, 0.25) is 0 Å². The van der Waals surface area contributed by atoms with Crippen molar-refractivity contribution in [1.82, 2.24) is 10.6 Å². The number of carbonyl (C=O) groups is 3. The van der Waals surface area contributed by atoms with Gasteiger partial charge in [0.2, 0.25) is 0 Å². The Bertz CT molecular complexity index is 939. The van der Waals surface area contributed by atoms with E-state index in [0.29, 0.717) is 15.6 Å². The molecule has 1 saturated carbocycles. The van der Waals surface area contributed by atoms with Crippen LogP contribution in [-0.2, 0) is 20.9 Å². The lowest BCUT2D eigenvalue weighted by molar-refractivity contribution is -0.127. The molecule has 1 aliphatic rings. The highest BCUT2D eigenvalue weighted by Crippen LogP contribution is 2.34. The first kappa shape index (κ1) is 22.2. The number of amides is 3. The second kappa shape index (κ2) is 9.99. The first-order valence-corrected chi connectivity index (χ1v) is 10.7. The number of rotatable bonds is 6. The van der Waals surface area contributed by atoms with Gasteiger partial charge in [-0.3, -0.25) is 10.1 Å². The van der Waals surface area contributed by atoms with Crippen molar-refractivity contribution in [3.8, 4) is 0 Å². The van der Waals surface area contributed by atoms with Gasteiger partial charge in [-0.1, -0.05) is 25.3 Å². The molecule has 1 fully saturated rings. The number of fused-ring (bicyclic) bond motifs is 1. The van der Waals surface area contributed by atoms with Gasteiger partial charge in [-0.15, -0.1) is 11.3 Å². The van der Waals surface area contributed by atoms with E-state index in [0.717, 1.165) is 43.4 Å². The van der Waals surface area contributed by atoms with Crippen molar-refractivity contribution in [2.75, 3.05) is 7.11 Å². The zero-order valence-corrected chi connectivity index (χ0v) is 17.8. The third-order valence-electron chi connectivity index (χ3n) is 5.07. The van der Waals surface area contributed by atoms with Gasteiger partial charge in [0.1, 0.15) is 10.7 Å². The van der Waals surface area contributed by atoms with E-state index in [2.05, 4.69) is 10.6 Å². The number of halogens is 1. The third kappa shape index (κ3) is 5.14. The maximum atomic E-state index is 14.3. The van der Waals surface area contributed by atoms with E-state index >= 15 is 0 Å². The van der Waals surface area contributed by atoms with Gasteiger partial charge in [-0.2, -0.15) is 0 Å². The van der Waals surface area contributed by atoms with Crippen LogP contribution in [0.15, 0.2) is 18.2 Å². The molecule has 0 spiro atoms. The fourth-order valence-electron chi connectivity index (χ4n) is 3.56. The van der Waals surface area contributed by atoms with Gasteiger partial charge < -0.3 is 14.8 Å². The molecule has 0 saturated heterocycles. The second-order valence-electron chi connectivity index (χ2n) is 7.30. The molecule has 30 heavy (non-hydrogen) atoms. The molecule has 1 unspecified atom stereocenters. The van der Waals surface area contributed by atoms with E-state index in [1.165, 1.54) is 20.1 Å². The highest BCUT2D eigenvalue weighted by molar-refractivity contribution is 7.21. The number of nitrogens with one attached hydrogen (secondary N) is 2. The molecule has 162 valence electrons. The molecule has 1 aromatic heterocycles. The molecule has 3 rings (SSSR count). The Morgan fingerprint density at radius 1 is 1.23 bits per heavy atom. The SMILES string of the molecule is COCc1c(C(=O)OC(C)C(=O)NC(=O)NC2CCCCC2)sc2cccc(F)c12. The first-order chi connectivity index (χ1) is 14.4. The summed E-state index contributed by atoms with van der Waals surface area (Å²) < 4.78 is 25.2. The summed E-state index contributed by atoms with van der Waals surface area (Å²) >= 11 is 1.07. The van der Waals surface area contributed by atoms with Crippen molar-refractivity contribution in [2.45, 2.75) is 57.8 Å². The number of imide groups is 1. The molecule has 2 N–H and O–H groups in total. The number of ether oxygens (including phenoxy) is 2. The van der Waals surface area contributed by atoms with Crippen LogP contribution in [0.1, 0.15) is 54.3 Å². The van der Waals surface area contributed by atoms with Crippen molar-refractivity contribution in [2.24, 2.45) is 0 Å². The fourth-order valence-corrected chi connectivity index (χ4v) is 4.67. The Morgan fingerprint density at radius 2 is 1.97 bits per heavy atom. The number of benzene rings is 1. The molecule has 0 radical (unpaired) electrons. The standard InChI is InChI=1S/C21H25FN2O5S/c1-12(19(25)24-21(27)23-13-7-4-3-5-8-13)29-20(26)18-14(11-28-2)17-15(22)9-6-10-16(17)30-18/h6,9-10,12-13H,3-5,7-8,11H2,1-2H3,(H2,23,24,25,27). The lowest BCUT2D eigenvalue weighted by Gasteiger charge is -2.23. The average Bonchev–Trinajstić information content (AvgIpc) is 3.09. The number of methoxy groups -OCH3 is 1. The predicted octanol–water partition coefficient (Wildman–Crippen LogP) is 3.89. The van der Waals surface area contributed by atoms with Crippen LogP contribution >= 0.6 is 11.3 Å². The van der Waals surface area contributed by atoms with E-state index in [9.17, 15) is 18.8 Å². The van der Waals surface area contributed by atoms with Gasteiger partial charge in [0.25, 0.3) is 5.91 Å². The first-order valence-electron chi connectivity index (χ1n) is 9.92. The summed E-state index contributed by atoms with van der Waals surface area (Å²) in [6.45, 7) is 1.40. The molecule has 0 bridgehead atoms. The summed E-state index contributed by atoms with van der Waals surface area (Å²) in [5.74, 6) is -1.95. The van der Waals surface area contributed by atoms with Gasteiger partial charge in [0.05, 0.1) is 6.61 Å². The van der Waals surface area contributed by atoms with E-state index in [1.54, 1.807) is 12.1 Å². The fraction of sp³-hybridized carbons (Fsp3) is 0.476. The minimum Gasteiger partial charge on any atom is -0.448 e. The van der Waals surface area contributed by atoms with E-state index in [-0.39, 0.29) is 17.5 Å². The van der Waals surface area contributed by atoms with Gasteiger partial charge in [-0.25, -0.2) is 14.0 Å². The Labute approximate surface area is 177 Å². The van der Waals surface area contributed by atoms with Gasteiger partial charge >= 0.3 is 12.0 Å². The van der Waals surface area contributed by atoms with Crippen molar-refractivity contribution >= 4 is 39.3 Å². The Kier molecular flexibility index (Phi) is 7.38. The number of carbonyl (C=O) groups excluding carboxylic acids is 3. The average molecular weight is 437 g/mol. The van der Waals surface area contributed by atoms with E-state index < -0.39 is 29.8 Å². The summed E-state index contributed by atoms with van der Waals surface area (Å²) in [4.78, 5) is 37.1. The normalized spacial score (nSPS) is 15.6. The number of esters is 1. The smallest absolute Gasteiger partial charge is 0.349 e. The number of thiophene rings is 1. The predicted molar refractivity (Wildman–Crippen MR) is 111 cm³/mol. The molecular formula is C21H25FN2O5S. The number of urea groups is 1. The van der Waals surface area contributed by atoms with Crippen LogP contribution in [0.5, 0.6) is 0 Å². The molecule has 0 aliphatic heterocycles. The van der Waals surface area contributed by atoms with Crippen LogP contribution in [0.3, 0.4) is 0 Å². The lowest BCUT2D eigenvalue weighted by Crippen LogP contribution is -2.48. The Morgan fingerprint density at radius 3 is 2.67 bits per heavy atom.